The summed E-state index contributed by atoms with van der Waals surface area (Å²) in [4.78, 5) is 17.1. The first-order valence-corrected chi connectivity index (χ1v) is 6.73. The van der Waals surface area contributed by atoms with Crippen LogP contribution in [0.4, 0.5) is 0 Å². The fourth-order valence-electron chi connectivity index (χ4n) is 1.31. The Morgan fingerprint density at radius 3 is 2.68 bits per heavy atom. The van der Waals surface area contributed by atoms with Gasteiger partial charge in [0.25, 0.3) is 0 Å². The van der Waals surface area contributed by atoms with Crippen molar-refractivity contribution < 1.29 is 4.79 Å². The molecule has 1 rings (SSSR count). The van der Waals surface area contributed by atoms with Crippen molar-refractivity contribution in [2.24, 2.45) is 4.99 Å². The molecule has 0 atom stereocenters. The van der Waals surface area contributed by atoms with Crippen molar-refractivity contribution in [1.29, 1.82) is 0 Å². The Hall–Kier alpha value is -0.830. The zero-order valence-corrected chi connectivity index (χ0v) is 14.6. The summed E-state index contributed by atoms with van der Waals surface area (Å²) in [7, 11) is 5.23. The minimum Gasteiger partial charge on any atom is -0.356 e. The number of nitrogens with one attached hydrogen (secondary N) is 2. The Bertz CT molecular complexity index is 392. The summed E-state index contributed by atoms with van der Waals surface area (Å²) in [6.45, 7) is 1.32. The summed E-state index contributed by atoms with van der Waals surface area (Å²) in [5.41, 5.74) is 1.23. The topological polar surface area (TPSA) is 56.7 Å². The van der Waals surface area contributed by atoms with Crippen LogP contribution >= 0.6 is 35.3 Å². The predicted molar refractivity (Wildman–Crippen MR) is 91.2 cm³/mol. The zero-order chi connectivity index (χ0) is 13.4. The van der Waals surface area contributed by atoms with Crippen molar-refractivity contribution in [3.05, 3.63) is 22.4 Å². The largest absolute Gasteiger partial charge is 0.356 e. The van der Waals surface area contributed by atoms with Crippen LogP contribution in [0.1, 0.15) is 12.0 Å². The molecule has 0 aromatic carbocycles. The van der Waals surface area contributed by atoms with E-state index in [1.807, 2.05) is 5.38 Å². The molecule has 5 nitrogen and oxygen atoms in total. The molecule has 0 unspecified atom stereocenters. The Balaban J connectivity index is 0.00000324. The highest BCUT2D eigenvalue weighted by molar-refractivity contribution is 14.0. The molecule has 0 aliphatic rings. The van der Waals surface area contributed by atoms with Crippen LogP contribution in [0.25, 0.3) is 0 Å². The number of halogens is 1. The highest BCUT2D eigenvalue weighted by Crippen LogP contribution is 2.04. The number of rotatable bonds is 5. The van der Waals surface area contributed by atoms with Gasteiger partial charge in [-0.15, -0.1) is 24.0 Å². The van der Waals surface area contributed by atoms with Gasteiger partial charge < -0.3 is 15.5 Å². The van der Waals surface area contributed by atoms with E-state index in [0.29, 0.717) is 18.9 Å². The molecule has 1 aromatic rings. The van der Waals surface area contributed by atoms with Crippen LogP contribution in [-0.2, 0) is 11.3 Å². The number of carbonyl (C=O) groups is 1. The van der Waals surface area contributed by atoms with E-state index < -0.39 is 0 Å². The highest BCUT2D eigenvalue weighted by Gasteiger charge is 2.04. The summed E-state index contributed by atoms with van der Waals surface area (Å²) in [5, 5.41) is 10.4. The van der Waals surface area contributed by atoms with Crippen molar-refractivity contribution in [2.75, 3.05) is 27.7 Å². The Labute approximate surface area is 135 Å². The molecular weight excluding hydrogens is 375 g/mol. The van der Waals surface area contributed by atoms with Crippen LogP contribution in [0.15, 0.2) is 21.8 Å². The number of guanidine groups is 1. The maximum Gasteiger partial charge on any atom is 0.223 e. The third-order valence-corrected chi connectivity index (χ3v) is 3.13. The summed E-state index contributed by atoms with van der Waals surface area (Å²) in [6.07, 6.45) is 0.464. The maximum absolute atomic E-state index is 11.4. The summed E-state index contributed by atoms with van der Waals surface area (Å²) in [6, 6.07) is 2.07. The Morgan fingerprint density at radius 2 is 2.16 bits per heavy atom. The second-order valence-corrected chi connectivity index (χ2v) is 4.80. The van der Waals surface area contributed by atoms with Crippen LogP contribution in [0.2, 0.25) is 0 Å². The number of hydrogen-bond acceptors (Lipinski definition) is 3. The minimum atomic E-state index is 0. The molecule has 0 aliphatic carbocycles. The molecule has 2 N–H and O–H groups in total. The van der Waals surface area contributed by atoms with Crippen molar-refractivity contribution in [1.82, 2.24) is 15.5 Å². The fraction of sp³-hybridized carbons (Fsp3) is 0.500. The van der Waals surface area contributed by atoms with E-state index in [4.69, 9.17) is 0 Å². The molecule has 0 bridgehead atoms. The van der Waals surface area contributed by atoms with Gasteiger partial charge in [0.15, 0.2) is 5.96 Å². The Morgan fingerprint density at radius 1 is 1.42 bits per heavy atom. The van der Waals surface area contributed by atoms with Crippen LogP contribution < -0.4 is 10.6 Å². The van der Waals surface area contributed by atoms with Gasteiger partial charge in [-0.1, -0.05) is 0 Å². The van der Waals surface area contributed by atoms with E-state index in [1.165, 1.54) is 5.56 Å². The molecule has 1 heterocycles. The average Bonchev–Trinajstić information content (AvgIpc) is 2.86. The second-order valence-electron chi connectivity index (χ2n) is 4.02. The molecule has 0 radical (unpaired) electrons. The number of hydrogen-bond donors (Lipinski definition) is 2. The SMILES string of the molecule is CN=C(NCCC(=O)N(C)C)NCc1ccsc1.I. The second kappa shape index (κ2) is 10.0. The average molecular weight is 396 g/mol. The lowest BCUT2D eigenvalue weighted by Gasteiger charge is -2.13. The first-order chi connectivity index (χ1) is 8.63. The van der Waals surface area contributed by atoms with Gasteiger partial charge >= 0.3 is 0 Å². The Kier molecular flexibility index (Phi) is 9.58. The third-order valence-electron chi connectivity index (χ3n) is 2.39. The van der Waals surface area contributed by atoms with Gasteiger partial charge in [0.1, 0.15) is 0 Å². The molecule has 0 aliphatic heterocycles. The maximum atomic E-state index is 11.4. The normalized spacial score (nSPS) is 10.6. The smallest absolute Gasteiger partial charge is 0.223 e. The first kappa shape index (κ1) is 18.2. The molecule has 108 valence electrons. The fourth-order valence-corrected chi connectivity index (χ4v) is 1.98. The van der Waals surface area contributed by atoms with Gasteiger partial charge in [-0.2, -0.15) is 11.3 Å². The molecule has 7 heteroatoms. The third kappa shape index (κ3) is 7.36. The number of aliphatic imine (C=N–C) groups is 1. The number of amides is 1. The van der Waals surface area contributed by atoms with Crippen molar-refractivity contribution in [3.8, 4) is 0 Å². The summed E-state index contributed by atoms with van der Waals surface area (Å²) >= 11 is 1.67. The van der Waals surface area contributed by atoms with E-state index in [9.17, 15) is 4.79 Å². The molecule has 0 fully saturated rings. The molecule has 1 amide bonds. The predicted octanol–water partition coefficient (Wildman–Crippen LogP) is 1.51. The molecule has 0 saturated heterocycles. The van der Waals surface area contributed by atoms with E-state index >= 15 is 0 Å². The van der Waals surface area contributed by atoms with Gasteiger partial charge in [0.05, 0.1) is 0 Å². The summed E-state index contributed by atoms with van der Waals surface area (Å²) in [5.74, 6) is 0.823. The van der Waals surface area contributed by atoms with Gasteiger partial charge in [-0.25, -0.2) is 0 Å². The lowest BCUT2D eigenvalue weighted by molar-refractivity contribution is -0.128. The van der Waals surface area contributed by atoms with Crippen molar-refractivity contribution >= 4 is 47.2 Å². The first-order valence-electron chi connectivity index (χ1n) is 5.79. The van der Waals surface area contributed by atoms with E-state index in [-0.39, 0.29) is 29.9 Å². The monoisotopic (exact) mass is 396 g/mol. The molecule has 0 spiro atoms. The van der Waals surface area contributed by atoms with E-state index in [0.717, 1.165) is 6.54 Å². The van der Waals surface area contributed by atoms with Crippen LogP contribution in [0.5, 0.6) is 0 Å². The van der Waals surface area contributed by atoms with E-state index in [2.05, 4.69) is 27.1 Å². The number of nitrogens with zero attached hydrogens (tertiary/aromatic N) is 2. The lowest BCUT2D eigenvalue weighted by atomic mass is 10.3. The lowest BCUT2D eigenvalue weighted by Crippen LogP contribution is -2.38. The van der Waals surface area contributed by atoms with Gasteiger partial charge in [0.2, 0.25) is 5.91 Å². The van der Waals surface area contributed by atoms with Crippen LogP contribution in [0.3, 0.4) is 0 Å². The van der Waals surface area contributed by atoms with E-state index in [1.54, 1.807) is 37.4 Å². The standard InChI is InChI=1S/C12H20N4OS.HI/c1-13-12(14-6-4-11(17)16(2)3)15-8-10-5-7-18-9-10;/h5,7,9H,4,6,8H2,1-3H3,(H2,13,14,15);1H. The van der Waals surface area contributed by atoms with Gasteiger partial charge in [-0.05, 0) is 22.4 Å². The molecule has 19 heavy (non-hydrogen) atoms. The van der Waals surface area contributed by atoms with Crippen LogP contribution in [-0.4, -0.2) is 44.5 Å². The molecule has 1 aromatic heterocycles. The number of thiophene rings is 1. The zero-order valence-electron chi connectivity index (χ0n) is 11.5. The van der Waals surface area contributed by atoms with Gasteiger partial charge in [-0.3, -0.25) is 9.79 Å². The summed E-state index contributed by atoms with van der Waals surface area (Å²) < 4.78 is 0. The minimum absolute atomic E-state index is 0. The van der Waals surface area contributed by atoms with Crippen LogP contribution in [0, 0.1) is 0 Å². The van der Waals surface area contributed by atoms with Crippen molar-refractivity contribution in [2.45, 2.75) is 13.0 Å². The molecular formula is C12H21IN4OS. The highest BCUT2D eigenvalue weighted by atomic mass is 127. The molecule has 0 saturated carbocycles. The van der Waals surface area contributed by atoms with Crippen molar-refractivity contribution in [3.63, 3.8) is 0 Å². The van der Waals surface area contributed by atoms with Gasteiger partial charge in [0, 0.05) is 40.7 Å². The number of carbonyl (C=O) groups excluding carboxylic acids is 1. The quantitative estimate of drug-likeness (QED) is 0.451.